The van der Waals surface area contributed by atoms with Crippen molar-refractivity contribution in [2.24, 2.45) is 5.73 Å². The number of aromatic nitrogens is 1. The smallest absolute Gasteiger partial charge is 0.105 e. The van der Waals surface area contributed by atoms with Crippen molar-refractivity contribution in [2.45, 2.75) is 37.5 Å². The first-order chi connectivity index (χ1) is 7.28. The van der Waals surface area contributed by atoms with Crippen LogP contribution in [0, 0.1) is 3.70 Å². The van der Waals surface area contributed by atoms with Crippen molar-refractivity contribution in [3.05, 3.63) is 27.6 Å². The molecule has 3 heteroatoms. The molecule has 0 aliphatic heterocycles. The van der Waals surface area contributed by atoms with E-state index in [1.807, 2.05) is 12.3 Å². The van der Waals surface area contributed by atoms with E-state index in [4.69, 9.17) is 5.73 Å². The fourth-order valence-electron chi connectivity index (χ4n) is 2.59. The molecule has 1 heterocycles. The Labute approximate surface area is 105 Å². The molecule has 0 atom stereocenters. The van der Waals surface area contributed by atoms with Gasteiger partial charge in [0.2, 0.25) is 0 Å². The maximum absolute atomic E-state index is 6.01. The van der Waals surface area contributed by atoms with E-state index in [0.29, 0.717) is 0 Å². The molecular weight excluding hydrogens is 299 g/mol. The van der Waals surface area contributed by atoms with E-state index < -0.39 is 0 Å². The van der Waals surface area contributed by atoms with Crippen molar-refractivity contribution in [1.29, 1.82) is 0 Å². The molecule has 1 aromatic heterocycles. The largest absolute Gasteiger partial charge is 0.330 e. The summed E-state index contributed by atoms with van der Waals surface area (Å²) in [5, 5.41) is 0. The number of halogens is 1. The molecule has 1 saturated carbocycles. The Kier molecular flexibility index (Phi) is 3.61. The van der Waals surface area contributed by atoms with Crippen LogP contribution in [0.1, 0.15) is 37.7 Å². The molecule has 0 bridgehead atoms. The summed E-state index contributed by atoms with van der Waals surface area (Å²) in [5.41, 5.74) is 7.59. The standard InChI is InChI=1S/C12H17IN2/c13-11-10(5-4-8-15-11)12(9-14)6-2-1-3-7-12/h4-5,8H,1-3,6-7,9,14H2. The molecule has 0 unspecified atom stereocenters. The minimum absolute atomic E-state index is 0.211. The van der Waals surface area contributed by atoms with Crippen LogP contribution in [0.3, 0.4) is 0 Å². The zero-order valence-corrected chi connectivity index (χ0v) is 11.0. The maximum Gasteiger partial charge on any atom is 0.105 e. The number of hydrogen-bond acceptors (Lipinski definition) is 2. The summed E-state index contributed by atoms with van der Waals surface area (Å²) in [6.07, 6.45) is 8.29. The Morgan fingerprint density at radius 2 is 2.07 bits per heavy atom. The summed E-state index contributed by atoms with van der Waals surface area (Å²) in [7, 11) is 0. The first kappa shape index (κ1) is 11.3. The topological polar surface area (TPSA) is 38.9 Å². The zero-order chi connectivity index (χ0) is 10.7. The second kappa shape index (κ2) is 4.78. The Hall–Kier alpha value is -0.160. The molecule has 1 aliphatic rings. The van der Waals surface area contributed by atoms with Gasteiger partial charge in [-0.1, -0.05) is 25.3 Å². The molecule has 1 fully saturated rings. The van der Waals surface area contributed by atoms with E-state index in [1.165, 1.54) is 37.7 Å². The predicted octanol–water partition coefficient (Wildman–Crippen LogP) is 2.85. The third-order valence-electron chi connectivity index (χ3n) is 3.53. The van der Waals surface area contributed by atoms with E-state index in [9.17, 15) is 0 Å². The van der Waals surface area contributed by atoms with Crippen molar-refractivity contribution >= 4 is 22.6 Å². The fourth-order valence-corrected chi connectivity index (χ4v) is 3.51. The van der Waals surface area contributed by atoms with Gasteiger partial charge in [-0.3, -0.25) is 4.98 Å². The van der Waals surface area contributed by atoms with Crippen molar-refractivity contribution in [2.75, 3.05) is 6.54 Å². The number of pyridine rings is 1. The van der Waals surface area contributed by atoms with E-state index in [1.54, 1.807) is 0 Å². The number of nitrogens with two attached hydrogens (primary N) is 1. The van der Waals surface area contributed by atoms with E-state index in [-0.39, 0.29) is 5.41 Å². The summed E-state index contributed by atoms with van der Waals surface area (Å²) in [4.78, 5) is 4.38. The van der Waals surface area contributed by atoms with Crippen LogP contribution in [0.15, 0.2) is 18.3 Å². The lowest BCUT2D eigenvalue weighted by Gasteiger charge is -2.37. The summed E-state index contributed by atoms with van der Waals surface area (Å²) in [6, 6.07) is 4.23. The zero-order valence-electron chi connectivity index (χ0n) is 8.88. The van der Waals surface area contributed by atoms with Crippen molar-refractivity contribution in [3.8, 4) is 0 Å². The number of rotatable bonds is 2. The minimum atomic E-state index is 0.211. The van der Waals surface area contributed by atoms with Crippen LogP contribution in [-0.4, -0.2) is 11.5 Å². The average Bonchev–Trinajstić information content (AvgIpc) is 2.30. The lowest BCUT2D eigenvalue weighted by molar-refractivity contribution is 0.298. The maximum atomic E-state index is 6.01. The van der Waals surface area contributed by atoms with Gasteiger partial charge in [0.05, 0.1) is 0 Å². The van der Waals surface area contributed by atoms with Crippen LogP contribution in [0.25, 0.3) is 0 Å². The normalized spacial score (nSPS) is 20.1. The van der Waals surface area contributed by atoms with Crippen LogP contribution in [0.5, 0.6) is 0 Å². The molecule has 0 radical (unpaired) electrons. The fraction of sp³-hybridized carbons (Fsp3) is 0.583. The van der Waals surface area contributed by atoms with Crippen LogP contribution < -0.4 is 5.73 Å². The quantitative estimate of drug-likeness (QED) is 0.673. The van der Waals surface area contributed by atoms with E-state index in [0.717, 1.165) is 10.2 Å². The highest BCUT2D eigenvalue weighted by Crippen LogP contribution is 2.39. The third kappa shape index (κ3) is 2.18. The molecule has 2 nitrogen and oxygen atoms in total. The molecule has 15 heavy (non-hydrogen) atoms. The van der Waals surface area contributed by atoms with E-state index >= 15 is 0 Å². The van der Waals surface area contributed by atoms with Crippen molar-refractivity contribution in [3.63, 3.8) is 0 Å². The molecule has 2 N–H and O–H groups in total. The highest BCUT2D eigenvalue weighted by molar-refractivity contribution is 14.1. The summed E-state index contributed by atoms with van der Waals surface area (Å²) in [6.45, 7) is 0.759. The highest BCUT2D eigenvalue weighted by Gasteiger charge is 2.34. The Bertz CT molecular complexity index is 332. The molecule has 0 saturated heterocycles. The first-order valence-electron chi connectivity index (χ1n) is 5.60. The van der Waals surface area contributed by atoms with E-state index in [2.05, 4.69) is 33.6 Å². The van der Waals surface area contributed by atoms with Crippen molar-refractivity contribution in [1.82, 2.24) is 4.98 Å². The monoisotopic (exact) mass is 316 g/mol. The second-order valence-corrected chi connectivity index (χ2v) is 5.41. The molecule has 1 aromatic rings. The van der Waals surface area contributed by atoms with Gasteiger partial charge >= 0.3 is 0 Å². The summed E-state index contributed by atoms with van der Waals surface area (Å²) < 4.78 is 1.13. The highest BCUT2D eigenvalue weighted by atomic mass is 127. The molecule has 0 aromatic carbocycles. The third-order valence-corrected chi connectivity index (χ3v) is 4.39. The Morgan fingerprint density at radius 1 is 1.33 bits per heavy atom. The first-order valence-corrected chi connectivity index (χ1v) is 6.67. The Balaban J connectivity index is 2.36. The van der Waals surface area contributed by atoms with Crippen LogP contribution in [0.4, 0.5) is 0 Å². The molecule has 82 valence electrons. The minimum Gasteiger partial charge on any atom is -0.330 e. The second-order valence-electron chi connectivity index (χ2n) is 4.39. The lowest BCUT2D eigenvalue weighted by atomic mass is 9.70. The van der Waals surface area contributed by atoms with Gasteiger partial charge in [-0.25, -0.2) is 0 Å². The lowest BCUT2D eigenvalue weighted by Crippen LogP contribution is -2.38. The van der Waals surface area contributed by atoms with Crippen LogP contribution in [-0.2, 0) is 5.41 Å². The molecule has 0 spiro atoms. The van der Waals surface area contributed by atoms with Gasteiger partial charge in [-0.15, -0.1) is 0 Å². The SMILES string of the molecule is NCC1(c2cccnc2I)CCCCC1. The van der Waals surface area contributed by atoms with Gasteiger partial charge in [-0.2, -0.15) is 0 Å². The van der Waals surface area contributed by atoms with Crippen molar-refractivity contribution < 1.29 is 0 Å². The average molecular weight is 316 g/mol. The van der Waals surface area contributed by atoms with Gasteiger partial charge in [0, 0.05) is 18.2 Å². The summed E-state index contributed by atoms with van der Waals surface area (Å²) >= 11 is 2.33. The van der Waals surface area contributed by atoms with Gasteiger partial charge in [0.1, 0.15) is 3.70 Å². The van der Waals surface area contributed by atoms with Gasteiger partial charge in [-0.05, 0) is 47.1 Å². The van der Waals surface area contributed by atoms with Gasteiger partial charge < -0.3 is 5.73 Å². The molecule has 1 aliphatic carbocycles. The summed E-state index contributed by atoms with van der Waals surface area (Å²) in [5.74, 6) is 0. The number of hydrogen-bond donors (Lipinski definition) is 1. The molecular formula is C12H17IN2. The Morgan fingerprint density at radius 3 is 2.67 bits per heavy atom. The molecule has 0 amide bonds. The van der Waals surface area contributed by atoms with Crippen LogP contribution >= 0.6 is 22.6 Å². The van der Waals surface area contributed by atoms with Gasteiger partial charge in [0.15, 0.2) is 0 Å². The number of nitrogens with zero attached hydrogens (tertiary/aromatic N) is 1. The predicted molar refractivity (Wildman–Crippen MR) is 70.8 cm³/mol. The van der Waals surface area contributed by atoms with Gasteiger partial charge in [0.25, 0.3) is 0 Å². The molecule has 2 rings (SSSR count). The van der Waals surface area contributed by atoms with Crippen LogP contribution in [0.2, 0.25) is 0 Å².